The fraction of sp³-hybridized carbons (Fsp3) is 0.846. The van der Waals surface area contributed by atoms with Gasteiger partial charge in [-0.25, -0.2) is 0 Å². The summed E-state index contributed by atoms with van der Waals surface area (Å²) in [6, 6.07) is -0.710. The fourth-order valence-electron chi connectivity index (χ4n) is 7.68. The van der Waals surface area contributed by atoms with E-state index in [4.69, 9.17) is 4.74 Å². The third-order valence-electron chi connectivity index (χ3n) is 11.5. The second-order valence-corrected chi connectivity index (χ2v) is 17.2. The lowest BCUT2D eigenvalue weighted by molar-refractivity contribution is -0.151. The summed E-state index contributed by atoms with van der Waals surface area (Å²) in [5.74, 6) is -0.503. The maximum absolute atomic E-state index is 13.2. The number of nitrogens with one attached hydrogen (secondary N) is 1. The van der Waals surface area contributed by atoms with Gasteiger partial charge in [-0.15, -0.1) is 0 Å². The van der Waals surface area contributed by atoms with Crippen LogP contribution in [0, 0.1) is 0 Å². The van der Waals surface area contributed by atoms with Gasteiger partial charge < -0.3 is 20.3 Å². The lowest BCUT2D eigenvalue weighted by atomic mass is 10.0. The average molecular weight is 816 g/mol. The second kappa shape index (κ2) is 46.2. The van der Waals surface area contributed by atoms with Crippen LogP contribution >= 0.6 is 0 Å². The van der Waals surface area contributed by atoms with Crippen LogP contribution in [0.3, 0.4) is 0 Å². The van der Waals surface area contributed by atoms with Gasteiger partial charge in [-0.3, -0.25) is 9.59 Å². The van der Waals surface area contributed by atoms with Gasteiger partial charge in [0.05, 0.1) is 25.2 Å². The lowest BCUT2D eigenvalue weighted by Crippen LogP contribution is -2.46. The van der Waals surface area contributed by atoms with E-state index in [9.17, 15) is 19.8 Å². The van der Waals surface area contributed by atoms with Gasteiger partial charge in [0.25, 0.3) is 0 Å². The molecule has 340 valence electrons. The predicted molar refractivity (Wildman–Crippen MR) is 250 cm³/mol. The molecule has 0 aromatic heterocycles. The summed E-state index contributed by atoms with van der Waals surface area (Å²) < 4.78 is 5.91. The standard InChI is InChI=1S/C52H97NO5/c1-4-7-10-13-16-19-22-25-27-30-33-36-39-42-45-52(57)58-48(43-40-37-34-31-28-24-21-18-15-12-9-6-3)46-51(56)53-49(47-54)50(55)44-41-38-35-32-29-26-23-20-17-14-11-8-5-2/h9,12,18,21,28,31,48-50,54-55H,4-8,10-11,13-17,19-20,22-27,29-30,32-47H2,1-3H3,(H,53,56)/b12-9+,21-18+,31-28+. The first-order chi connectivity index (χ1) is 28.5. The summed E-state index contributed by atoms with van der Waals surface area (Å²) in [6.07, 6.45) is 53.5. The zero-order valence-electron chi connectivity index (χ0n) is 38.7. The first-order valence-corrected chi connectivity index (χ1v) is 25.2. The third kappa shape index (κ3) is 40.8. The molecule has 0 aromatic rings. The molecule has 0 radical (unpaired) electrons. The van der Waals surface area contributed by atoms with E-state index in [1.165, 1.54) is 135 Å². The van der Waals surface area contributed by atoms with Crippen molar-refractivity contribution in [2.24, 2.45) is 0 Å². The van der Waals surface area contributed by atoms with Crippen LogP contribution in [0.4, 0.5) is 0 Å². The Labute approximate surface area is 360 Å². The molecule has 0 bridgehead atoms. The normalized spacial score (nSPS) is 13.5. The highest BCUT2D eigenvalue weighted by molar-refractivity contribution is 5.77. The Bertz CT molecular complexity index is 961. The van der Waals surface area contributed by atoms with Gasteiger partial charge in [0.2, 0.25) is 5.91 Å². The van der Waals surface area contributed by atoms with Gasteiger partial charge in [-0.05, 0) is 57.8 Å². The van der Waals surface area contributed by atoms with E-state index in [2.05, 4.69) is 62.5 Å². The van der Waals surface area contributed by atoms with Crippen molar-refractivity contribution in [1.29, 1.82) is 0 Å². The van der Waals surface area contributed by atoms with Crippen molar-refractivity contribution in [2.75, 3.05) is 6.61 Å². The Kier molecular flexibility index (Phi) is 44.6. The van der Waals surface area contributed by atoms with Gasteiger partial charge in [-0.1, -0.05) is 224 Å². The Morgan fingerprint density at radius 2 is 0.931 bits per heavy atom. The van der Waals surface area contributed by atoms with Gasteiger partial charge in [-0.2, -0.15) is 0 Å². The summed E-state index contributed by atoms with van der Waals surface area (Å²) in [5, 5.41) is 23.7. The Morgan fingerprint density at radius 3 is 1.40 bits per heavy atom. The highest BCUT2D eigenvalue weighted by Gasteiger charge is 2.24. The number of unbranched alkanes of at least 4 members (excludes halogenated alkanes) is 27. The molecular weight excluding hydrogens is 719 g/mol. The summed E-state index contributed by atoms with van der Waals surface area (Å²) in [4.78, 5) is 26.1. The third-order valence-corrected chi connectivity index (χ3v) is 11.5. The molecule has 0 aliphatic carbocycles. The van der Waals surface area contributed by atoms with Crippen LogP contribution in [-0.4, -0.2) is 46.9 Å². The zero-order chi connectivity index (χ0) is 42.4. The minimum absolute atomic E-state index is 0.0551. The van der Waals surface area contributed by atoms with Gasteiger partial charge >= 0.3 is 5.97 Å². The number of carbonyl (C=O) groups excluding carboxylic acids is 2. The number of allylic oxidation sites excluding steroid dienone is 6. The van der Waals surface area contributed by atoms with E-state index < -0.39 is 18.2 Å². The number of hydrogen-bond acceptors (Lipinski definition) is 5. The van der Waals surface area contributed by atoms with E-state index in [1.54, 1.807) is 0 Å². The van der Waals surface area contributed by atoms with Crippen molar-refractivity contribution in [3.63, 3.8) is 0 Å². The van der Waals surface area contributed by atoms with Crippen molar-refractivity contribution in [1.82, 2.24) is 5.32 Å². The largest absolute Gasteiger partial charge is 0.462 e. The molecule has 3 N–H and O–H groups in total. The number of rotatable bonds is 45. The highest BCUT2D eigenvalue weighted by atomic mass is 16.5. The molecule has 0 aliphatic rings. The zero-order valence-corrected chi connectivity index (χ0v) is 38.7. The topological polar surface area (TPSA) is 95.9 Å². The Hall–Kier alpha value is -1.92. The molecule has 0 saturated carbocycles. The first kappa shape index (κ1) is 56.1. The van der Waals surface area contributed by atoms with Crippen LogP contribution in [0.2, 0.25) is 0 Å². The molecule has 3 unspecified atom stereocenters. The SMILES string of the molecule is CC/C=C/C/C=C/C/C=C/CCCCC(CC(=O)NC(CO)C(O)CCCCCCCCCCCCCCC)OC(=O)CCCCCCCCCCCCCCCC. The monoisotopic (exact) mass is 816 g/mol. The maximum Gasteiger partial charge on any atom is 0.306 e. The molecule has 58 heavy (non-hydrogen) atoms. The van der Waals surface area contributed by atoms with Crippen LogP contribution in [-0.2, 0) is 14.3 Å². The molecule has 1 amide bonds. The van der Waals surface area contributed by atoms with Crippen molar-refractivity contribution in [3.05, 3.63) is 36.5 Å². The van der Waals surface area contributed by atoms with Crippen molar-refractivity contribution in [3.8, 4) is 0 Å². The quantitative estimate of drug-likeness (QED) is 0.0323. The predicted octanol–water partition coefficient (Wildman–Crippen LogP) is 14.9. The summed E-state index contributed by atoms with van der Waals surface area (Å²) in [6.45, 7) is 6.36. The van der Waals surface area contributed by atoms with Crippen LogP contribution in [0.15, 0.2) is 36.5 Å². The number of aliphatic hydroxyl groups excluding tert-OH is 2. The van der Waals surface area contributed by atoms with Crippen LogP contribution in [0.5, 0.6) is 0 Å². The van der Waals surface area contributed by atoms with Gasteiger partial charge in [0.15, 0.2) is 0 Å². The number of aliphatic hydroxyl groups is 2. The van der Waals surface area contributed by atoms with E-state index in [0.29, 0.717) is 19.3 Å². The molecular formula is C52H97NO5. The van der Waals surface area contributed by atoms with E-state index in [0.717, 1.165) is 77.0 Å². The Balaban J connectivity index is 4.58. The molecule has 0 spiro atoms. The molecule has 6 heteroatoms. The first-order valence-electron chi connectivity index (χ1n) is 25.2. The van der Waals surface area contributed by atoms with Crippen molar-refractivity contribution >= 4 is 11.9 Å². The van der Waals surface area contributed by atoms with E-state index >= 15 is 0 Å². The molecule has 0 aliphatic heterocycles. The maximum atomic E-state index is 13.2. The lowest BCUT2D eigenvalue weighted by Gasteiger charge is -2.24. The van der Waals surface area contributed by atoms with E-state index in [1.807, 2.05) is 0 Å². The second-order valence-electron chi connectivity index (χ2n) is 17.2. The highest BCUT2D eigenvalue weighted by Crippen LogP contribution is 2.18. The number of hydrogen-bond donors (Lipinski definition) is 3. The fourth-order valence-corrected chi connectivity index (χ4v) is 7.68. The Morgan fingerprint density at radius 1 is 0.517 bits per heavy atom. The number of esters is 1. The number of amides is 1. The van der Waals surface area contributed by atoms with Gasteiger partial charge in [0.1, 0.15) is 6.10 Å². The molecule has 0 aromatic carbocycles. The van der Waals surface area contributed by atoms with Crippen molar-refractivity contribution < 1.29 is 24.5 Å². The minimum atomic E-state index is -0.794. The average Bonchev–Trinajstić information content (AvgIpc) is 3.22. The van der Waals surface area contributed by atoms with Crippen LogP contribution < -0.4 is 5.32 Å². The van der Waals surface area contributed by atoms with Crippen LogP contribution in [0.1, 0.15) is 258 Å². The summed E-state index contributed by atoms with van der Waals surface area (Å²) in [5.41, 5.74) is 0. The summed E-state index contributed by atoms with van der Waals surface area (Å²) in [7, 11) is 0. The van der Waals surface area contributed by atoms with Crippen LogP contribution in [0.25, 0.3) is 0 Å². The molecule has 3 atom stereocenters. The smallest absolute Gasteiger partial charge is 0.306 e. The molecule has 0 heterocycles. The van der Waals surface area contributed by atoms with Crippen molar-refractivity contribution in [2.45, 2.75) is 277 Å². The molecule has 0 rings (SSSR count). The van der Waals surface area contributed by atoms with Gasteiger partial charge in [0, 0.05) is 6.42 Å². The minimum Gasteiger partial charge on any atom is -0.462 e. The molecule has 0 saturated heterocycles. The van der Waals surface area contributed by atoms with E-state index in [-0.39, 0.29) is 24.9 Å². The molecule has 6 nitrogen and oxygen atoms in total. The summed E-state index contributed by atoms with van der Waals surface area (Å²) >= 11 is 0. The number of ether oxygens (including phenoxy) is 1. The molecule has 0 fully saturated rings. The number of carbonyl (C=O) groups is 2.